The zero-order valence-corrected chi connectivity index (χ0v) is 21.4. The molecular formula is C24H45O5P. The van der Waals surface area contributed by atoms with Crippen molar-refractivity contribution in [2.45, 2.75) is 98.8 Å². The summed E-state index contributed by atoms with van der Waals surface area (Å²) in [5.41, 5.74) is 2.72. The van der Waals surface area contributed by atoms with E-state index in [1.54, 1.807) is 0 Å². The number of aryl methyl sites for hydroxylation is 1. The maximum Gasteiger partial charge on any atom is 0.391 e. The number of benzene rings is 1. The Morgan fingerprint density at radius 3 is 1.57 bits per heavy atom. The summed E-state index contributed by atoms with van der Waals surface area (Å²) in [6.45, 7) is 19.0. The molecule has 0 saturated heterocycles. The Morgan fingerprint density at radius 2 is 1.30 bits per heavy atom. The molecule has 1 rings (SSSR count). The number of unbranched alkanes of at least 4 members (excludes halogenated alkanes) is 1. The molecule has 0 fully saturated rings. The first kappa shape index (κ1) is 29.3. The Hall–Kier alpha value is -0.710. The molecule has 0 spiro atoms. The smallest absolute Gasteiger partial charge is 0.391 e. The van der Waals surface area contributed by atoms with Crippen LogP contribution in [0.15, 0.2) is 12.1 Å². The lowest BCUT2D eigenvalue weighted by atomic mass is 9.78. The Morgan fingerprint density at radius 1 is 0.867 bits per heavy atom. The van der Waals surface area contributed by atoms with E-state index in [2.05, 4.69) is 67.5 Å². The summed E-state index contributed by atoms with van der Waals surface area (Å²) in [5.74, 6) is 0.613. The highest BCUT2D eigenvalue weighted by atomic mass is 31.2. The molecule has 0 bridgehead atoms. The lowest BCUT2D eigenvalue weighted by Gasteiger charge is -2.30. The molecule has 0 aliphatic carbocycles. The summed E-state index contributed by atoms with van der Waals surface area (Å²) in [6.07, 6.45) is 4.02. The van der Waals surface area contributed by atoms with Crippen LogP contribution in [-0.4, -0.2) is 33.2 Å². The monoisotopic (exact) mass is 444 g/mol. The van der Waals surface area contributed by atoms with E-state index in [1.165, 1.54) is 0 Å². The fourth-order valence-corrected chi connectivity index (χ4v) is 3.59. The van der Waals surface area contributed by atoms with Gasteiger partial charge in [-0.25, -0.2) is 0 Å². The van der Waals surface area contributed by atoms with Crippen LogP contribution in [0.1, 0.15) is 97.8 Å². The van der Waals surface area contributed by atoms with Crippen molar-refractivity contribution >= 4 is 8.60 Å². The van der Waals surface area contributed by atoms with Crippen molar-refractivity contribution in [1.82, 2.24) is 0 Å². The molecule has 176 valence electrons. The van der Waals surface area contributed by atoms with Gasteiger partial charge < -0.3 is 24.5 Å². The van der Waals surface area contributed by atoms with Gasteiger partial charge in [0.25, 0.3) is 0 Å². The van der Waals surface area contributed by atoms with Gasteiger partial charge in [-0.1, -0.05) is 85.9 Å². The molecule has 1 aromatic carbocycles. The van der Waals surface area contributed by atoms with E-state index in [0.717, 1.165) is 42.4 Å². The molecule has 0 heterocycles. The molecule has 0 unspecified atom stereocenters. The van der Waals surface area contributed by atoms with E-state index in [9.17, 15) is 9.79 Å². The normalized spacial score (nSPS) is 12.6. The Labute approximate surface area is 185 Å². The first-order chi connectivity index (χ1) is 13.7. The van der Waals surface area contributed by atoms with Crippen molar-refractivity contribution in [1.29, 1.82) is 0 Å². The number of rotatable bonds is 8. The minimum absolute atomic E-state index is 0.111. The number of aliphatic hydroxyl groups excluding tert-OH is 2. The number of aliphatic hydroxyl groups is 2. The summed E-state index contributed by atoms with van der Waals surface area (Å²) in [5, 5.41) is 18.1. The van der Waals surface area contributed by atoms with E-state index < -0.39 is 8.60 Å². The van der Waals surface area contributed by atoms with Gasteiger partial charge in [-0.15, -0.1) is 0 Å². The van der Waals surface area contributed by atoms with Crippen LogP contribution in [0, 0.1) is 12.3 Å². The van der Waals surface area contributed by atoms with Gasteiger partial charge >= 0.3 is 8.60 Å². The third-order valence-electron chi connectivity index (χ3n) is 5.50. The van der Waals surface area contributed by atoms with Crippen molar-refractivity contribution in [3.63, 3.8) is 0 Å². The fraction of sp³-hybridized carbons (Fsp3) is 0.750. The Bertz CT molecular complexity index is 582. The largest absolute Gasteiger partial charge is 0.426 e. The summed E-state index contributed by atoms with van der Waals surface area (Å²) in [7, 11) is -2.41. The highest BCUT2D eigenvalue weighted by Crippen LogP contribution is 2.44. The standard InChI is InChI=1S/C15H25O3P.C9H20O2/c1-10-8-11(14(2,3)4)13(18-19(16)17)12(9-10)15(5,6)7;1-3-5-6-9(4-2,7-10)8-11/h8-9,16-17H,1-7H3;10-11H,3-8H2,1-2H3. The van der Waals surface area contributed by atoms with Gasteiger partial charge in [-0.2, -0.15) is 0 Å². The van der Waals surface area contributed by atoms with Crippen LogP contribution in [-0.2, 0) is 10.8 Å². The molecule has 30 heavy (non-hydrogen) atoms. The summed E-state index contributed by atoms with van der Waals surface area (Å²) in [6, 6.07) is 4.12. The van der Waals surface area contributed by atoms with Crippen LogP contribution in [0.25, 0.3) is 0 Å². The molecular weight excluding hydrogens is 399 g/mol. The third kappa shape index (κ3) is 9.20. The van der Waals surface area contributed by atoms with E-state index in [1.807, 2.05) is 6.92 Å². The van der Waals surface area contributed by atoms with E-state index >= 15 is 0 Å². The zero-order valence-electron chi connectivity index (χ0n) is 20.5. The molecule has 0 saturated carbocycles. The Kier molecular flexibility index (Phi) is 12.1. The van der Waals surface area contributed by atoms with Gasteiger partial charge in [0.2, 0.25) is 0 Å². The number of hydrogen-bond donors (Lipinski definition) is 4. The van der Waals surface area contributed by atoms with Gasteiger partial charge in [-0.3, -0.25) is 0 Å². The predicted octanol–water partition coefficient (Wildman–Crippen LogP) is 5.74. The second-order valence-electron chi connectivity index (χ2n) is 10.3. The SMILES string of the molecule is CCCCC(CC)(CO)CO.Cc1cc(C(C)(C)C)c(OP(O)O)c(C(C)(C)C)c1. The first-order valence-electron chi connectivity index (χ1n) is 10.9. The number of hydrogen-bond acceptors (Lipinski definition) is 5. The van der Waals surface area contributed by atoms with Crippen LogP contribution in [0.3, 0.4) is 0 Å². The van der Waals surface area contributed by atoms with E-state index in [-0.39, 0.29) is 29.5 Å². The quantitative estimate of drug-likeness (QED) is 0.384. The maximum absolute atomic E-state index is 9.25. The molecule has 0 aliphatic rings. The molecule has 0 amide bonds. The second kappa shape index (κ2) is 12.4. The molecule has 4 N–H and O–H groups in total. The third-order valence-corrected chi connectivity index (χ3v) is 5.85. The topological polar surface area (TPSA) is 90.2 Å². The first-order valence-corrected chi connectivity index (χ1v) is 12.1. The van der Waals surface area contributed by atoms with Crippen LogP contribution < -0.4 is 4.52 Å². The molecule has 0 radical (unpaired) electrons. The van der Waals surface area contributed by atoms with Crippen molar-refractivity contribution in [2.75, 3.05) is 13.2 Å². The van der Waals surface area contributed by atoms with Gasteiger partial charge in [-0.05, 0) is 30.6 Å². The van der Waals surface area contributed by atoms with Gasteiger partial charge in [0.15, 0.2) is 0 Å². The van der Waals surface area contributed by atoms with Crippen molar-refractivity contribution in [2.24, 2.45) is 5.41 Å². The summed E-state index contributed by atoms with van der Waals surface area (Å²) >= 11 is 0. The molecule has 6 heteroatoms. The average Bonchev–Trinajstić information content (AvgIpc) is 2.63. The maximum atomic E-state index is 9.25. The van der Waals surface area contributed by atoms with Crippen LogP contribution in [0.5, 0.6) is 5.75 Å². The Balaban J connectivity index is 0.000000654. The average molecular weight is 445 g/mol. The van der Waals surface area contributed by atoms with Gasteiger partial charge in [0, 0.05) is 16.5 Å². The van der Waals surface area contributed by atoms with E-state index in [4.69, 9.17) is 14.7 Å². The summed E-state index contributed by atoms with van der Waals surface area (Å²) in [4.78, 5) is 18.5. The minimum atomic E-state index is -2.41. The zero-order chi connectivity index (χ0) is 23.8. The van der Waals surface area contributed by atoms with Gasteiger partial charge in [0.05, 0.1) is 13.2 Å². The van der Waals surface area contributed by atoms with Crippen LogP contribution in [0.2, 0.25) is 0 Å². The highest BCUT2D eigenvalue weighted by Gasteiger charge is 2.28. The molecule has 0 aromatic heterocycles. The lowest BCUT2D eigenvalue weighted by Crippen LogP contribution is -2.28. The fourth-order valence-electron chi connectivity index (χ4n) is 3.23. The van der Waals surface area contributed by atoms with Gasteiger partial charge in [0.1, 0.15) is 5.75 Å². The van der Waals surface area contributed by atoms with Crippen molar-refractivity contribution < 1.29 is 24.5 Å². The molecule has 5 nitrogen and oxygen atoms in total. The molecule has 1 aromatic rings. The highest BCUT2D eigenvalue weighted by molar-refractivity contribution is 7.39. The molecule has 0 aliphatic heterocycles. The summed E-state index contributed by atoms with van der Waals surface area (Å²) < 4.78 is 5.36. The van der Waals surface area contributed by atoms with Crippen molar-refractivity contribution in [3.8, 4) is 5.75 Å². The second-order valence-corrected chi connectivity index (χ2v) is 11.0. The van der Waals surface area contributed by atoms with Crippen LogP contribution >= 0.6 is 8.60 Å². The molecule has 0 atom stereocenters. The van der Waals surface area contributed by atoms with E-state index in [0.29, 0.717) is 5.75 Å². The van der Waals surface area contributed by atoms with Crippen molar-refractivity contribution in [3.05, 3.63) is 28.8 Å². The predicted molar refractivity (Wildman–Crippen MR) is 127 cm³/mol. The minimum Gasteiger partial charge on any atom is -0.426 e. The van der Waals surface area contributed by atoms with Crippen LogP contribution in [0.4, 0.5) is 0 Å². The lowest BCUT2D eigenvalue weighted by molar-refractivity contribution is 0.0420.